The molecule has 0 radical (unpaired) electrons. The molecule has 0 aliphatic rings. The first-order valence-electron chi connectivity index (χ1n) is 7.14. The van der Waals surface area contributed by atoms with Gasteiger partial charge in [0.2, 0.25) is 0 Å². The van der Waals surface area contributed by atoms with Crippen LogP contribution in [0, 0.1) is 6.92 Å². The number of carbonyl (C=O) groups is 2. The highest BCUT2D eigenvalue weighted by molar-refractivity contribution is 6.05. The van der Waals surface area contributed by atoms with E-state index in [0.29, 0.717) is 16.7 Å². The van der Waals surface area contributed by atoms with Gasteiger partial charge < -0.3 is 9.84 Å². The van der Waals surface area contributed by atoms with E-state index in [-0.39, 0.29) is 24.0 Å². The molecule has 8 nitrogen and oxygen atoms in total. The van der Waals surface area contributed by atoms with Crippen molar-refractivity contribution in [2.45, 2.75) is 20.4 Å². The van der Waals surface area contributed by atoms with Gasteiger partial charge in [0.15, 0.2) is 5.78 Å². The van der Waals surface area contributed by atoms with Crippen molar-refractivity contribution in [1.82, 2.24) is 19.7 Å². The van der Waals surface area contributed by atoms with Crippen LogP contribution >= 0.6 is 0 Å². The molecule has 0 fully saturated rings. The van der Waals surface area contributed by atoms with E-state index in [1.54, 1.807) is 30.6 Å². The molecular formula is C16H14N4O4. The number of ketones is 1. The number of hydrogen-bond acceptors (Lipinski definition) is 6. The monoisotopic (exact) mass is 326 g/mol. The summed E-state index contributed by atoms with van der Waals surface area (Å²) in [6.45, 7) is 2.92. The van der Waals surface area contributed by atoms with Crippen molar-refractivity contribution >= 4 is 22.7 Å². The molecule has 0 saturated heterocycles. The molecule has 0 bridgehead atoms. The molecule has 0 spiro atoms. The second kappa shape index (κ2) is 6.07. The maximum Gasteiger partial charge on any atom is 0.325 e. The van der Waals surface area contributed by atoms with Crippen molar-refractivity contribution in [2.24, 2.45) is 0 Å². The summed E-state index contributed by atoms with van der Waals surface area (Å²) in [5, 5.41) is 13.6. The van der Waals surface area contributed by atoms with Crippen molar-refractivity contribution in [3.8, 4) is 11.8 Å². The van der Waals surface area contributed by atoms with E-state index in [4.69, 9.17) is 9.84 Å². The first-order chi connectivity index (χ1) is 11.4. The summed E-state index contributed by atoms with van der Waals surface area (Å²) in [6, 6.07) is 5.11. The summed E-state index contributed by atoms with van der Waals surface area (Å²) in [7, 11) is 0. The van der Waals surface area contributed by atoms with Crippen LogP contribution in [-0.2, 0) is 11.3 Å². The Balaban J connectivity index is 2.02. The van der Waals surface area contributed by atoms with Gasteiger partial charge in [-0.1, -0.05) is 0 Å². The van der Waals surface area contributed by atoms with Crippen LogP contribution in [-0.4, -0.2) is 36.6 Å². The molecule has 3 aromatic rings. The first kappa shape index (κ1) is 15.6. The predicted octanol–water partition coefficient (Wildman–Crippen LogP) is 2.21. The Bertz CT molecular complexity index is 931. The van der Waals surface area contributed by atoms with Crippen molar-refractivity contribution in [3.63, 3.8) is 0 Å². The minimum Gasteiger partial charge on any atom is -0.480 e. The number of carboxylic acids is 1. The molecule has 0 aliphatic heterocycles. The van der Waals surface area contributed by atoms with Crippen LogP contribution in [0.1, 0.15) is 23.0 Å². The lowest BCUT2D eigenvalue weighted by Crippen LogP contribution is -2.10. The number of benzene rings is 1. The smallest absolute Gasteiger partial charge is 0.325 e. The molecule has 0 saturated carbocycles. The van der Waals surface area contributed by atoms with Gasteiger partial charge in [-0.15, -0.1) is 0 Å². The second-order valence-electron chi connectivity index (χ2n) is 5.28. The van der Waals surface area contributed by atoms with Gasteiger partial charge in [-0.05, 0) is 30.7 Å². The zero-order chi connectivity index (χ0) is 17.3. The van der Waals surface area contributed by atoms with E-state index in [9.17, 15) is 9.59 Å². The number of nitrogens with zero attached hydrogens (tertiary/aromatic N) is 4. The third-order valence-electron chi connectivity index (χ3n) is 3.31. The van der Waals surface area contributed by atoms with Gasteiger partial charge in [0.25, 0.3) is 0 Å². The molecular weight excluding hydrogens is 312 g/mol. The quantitative estimate of drug-likeness (QED) is 0.716. The standard InChI is InChI=1S/C16H14N4O4/c1-9-6-17-16(18-7-9)24-11-3-4-13-12(5-11)15(10(2)21)19-20(13)8-14(22)23/h3-7H,8H2,1-2H3,(H,22,23). The van der Waals surface area contributed by atoms with E-state index in [0.717, 1.165) is 5.56 Å². The van der Waals surface area contributed by atoms with Crippen molar-refractivity contribution in [1.29, 1.82) is 0 Å². The van der Waals surface area contributed by atoms with E-state index in [1.807, 2.05) is 6.92 Å². The lowest BCUT2D eigenvalue weighted by atomic mass is 10.1. The highest BCUT2D eigenvalue weighted by Gasteiger charge is 2.16. The van der Waals surface area contributed by atoms with Gasteiger partial charge >= 0.3 is 12.0 Å². The number of aliphatic carboxylic acids is 1. The number of aryl methyl sites for hydroxylation is 1. The Morgan fingerprint density at radius 2 is 1.96 bits per heavy atom. The lowest BCUT2D eigenvalue weighted by molar-refractivity contribution is -0.137. The maximum absolute atomic E-state index is 11.8. The largest absolute Gasteiger partial charge is 0.480 e. The number of Topliss-reactive ketones (excluding diaryl/α,β-unsaturated/α-hetero) is 1. The molecule has 0 atom stereocenters. The number of aromatic nitrogens is 4. The van der Waals surface area contributed by atoms with Crippen LogP contribution in [0.25, 0.3) is 10.9 Å². The van der Waals surface area contributed by atoms with E-state index >= 15 is 0 Å². The maximum atomic E-state index is 11.8. The van der Waals surface area contributed by atoms with Crippen molar-refractivity contribution in [2.75, 3.05) is 0 Å². The normalized spacial score (nSPS) is 10.8. The Morgan fingerprint density at radius 1 is 1.25 bits per heavy atom. The second-order valence-corrected chi connectivity index (χ2v) is 5.28. The van der Waals surface area contributed by atoms with E-state index < -0.39 is 5.97 Å². The van der Waals surface area contributed by atoms with E-state index in [2.05, 4.69) is 15.1 Å². The van der Waals surface area contributed by atoms with Crippen LogP contribution in [0.2, 0.25) is 0 Å². The van der Waals surface area contributed by atoms with Gasteiger partial charge in [0, 0.05) is 24.7 Å². The van der Waals surface area contributed by atoms with Gasteiger partial charge in [-0.25, -0.2) is 9.97 Å². The number of hydrogen-bond donors (Lipinski definition) is 1. The summed E-state index contributed by atoms with van der Waals surface area (Å²) >= 11 is 0. The van der Waals surface area contributed by atoms with E-state index in [1.165, 1.54) is 11.6 Å². The molecule has 2 heterocycles. The van der Waals surface area contributed by atoms with Crippen LogP contribution in [0.5, 0.6) is 11.8 Å². The number of fused-ring (bicyclic) bond motifs is 1. The summed E-state index contributed by atoms with van der Waals surface area (Å²) in [4.78, 5) is 30.8. The third kappa shape index (κ3) is 3.07. The minimum absolute atomic E-state index is 0.183. The molecule has 0 aliphatic carbocycles. The Labute approximate surface area is 136 Å². The lowest BCUT2D eigenvalue weighted by Gasteiger charge is -2.04. The Hall–Kier alpha value is -3.29. The zero-order valence-corrected chi connectivity index (χ0v) is 13.1. The molecule has 8 heteroatoms. The fraction of sp³-hybridized carbons (Fsp3) is 0.188. The fourth-order valence-electron chi connectivity index (χ4n) is 2.27. The molecule has 0 unspecified atom stereocenters. The molecule has 122 valence electrons. The summed E-state index contributed by atoms with van der Waals surface area (Å²) in [5.41, 5.74) is 1.65. The predicted molar refractivity (Wildman–Crippen MR) is 84.2 cm³/mol. The molecule has 3 rings (SSSR count). The minimum atomic E-state index is -1.04. The van der Waals surface area contributed by atoms with Crippen LogP contribution < -0.4 is 4.74 Å². The van der Waals surface area contributed by atoms with Gasteiger partial charge in [-0.3, -0.25) is 14.3 Å². The first-order valence-corrected chi connectivity index (χ1v) is 7.14. The Kier molecular flexibility index (Phi) is 3.95. The zero-order valence-electron chi connectivity index (χ0n) is 13.1. The number of ether oxygens (including phenoxy) is 1. The van der Waals surface area contributed by atoms with Crippen molar-refractivity contribution in [3.05, 3.63) is 41.9 Å². The Morgan fingerprint density at radius 3 is 2.58 bits per heavy atom. The summed E-state index contributed by atoms with van der Waals surface area (Å²) < 4.78 is 6.86. The summed E-state index contributed by atoms with van der Waals surface area (Å²) in [6.07, 6.45) is 3.26. The molecule has 2 aromatic heterocycles. The average molecular weight is 326 g/mol. The van der Waals surface area contributed by atoms with Gasteiger partial charge in [0.05, 0.1) is 5.52 Å². The SMILES string of the molecule is CC(=O)c1nn(CC(=O)O)c2ccc(Oc3ncc(C)cn3)cc12. The molecule has 24 heavy (non-hydrogen) atoms. The van der Waals surface area contributed by atoms with Gasteiger partial charge in [0.1, 0.15) is 18.0 Å². The number of carboxylic acid groups (broad SMARTS) is 1. The van der Waals surface area contributed by atoms with Gasteiger partial charge in [-0.2, -0.15) is 5.10 Å². The highest BCUT2D eigenvalue weighted by Crippen LogP contribution is 2.26. The van der Waals surface area contributed by atoms with Crippen LogP contribution in [0.15, 0.2) is 30.6 Å². The summed E-state index contributed by atoms with van der Waals surface area (Å²) in [5.74, 6) is -0.862. The molecule has 1 N–H and O–H groups in total. The molecule has 1 aromatic carbocycles. The van der Waals surface area contributed by atoms with Crippen LogP contribution in [0.4, 0.5) is 0 Å². The van der Waals surface area contributed by atoms with Crippen molar-refractivity contribution < 1.29 is 19.4 Å². The average Bonchev–Trinajstić information content (AvgIpc) is 2.87. The number of rotatable bonds is 5. The highest BCUT2D eigenvalue weighted by atomic mass is 16.5. The topological polar surface area (TPSA) is 107 Å². The molecule has 0 amide bonds. The fourth-order valence-corrected chi connectivity index (χ4v) is 2.27. The third-order valence-corrected chi connectivity index (χ3v) is 3.31. The number of carbonyl (C=O) groups excluding carboxylic acids is 1. The van der Waals surface area contributed by atoms with Crippen LogP contribution in [0.3, 0.4) is 0 Å².